The van der Waals surface area contributed by atoms with Gasteiger partial charge >= 0.3 is 0 Å². The van der Waals surface area contributed by atoms with Gasteiger partial charge in [0.15, 0.2) is 5.13 Å². The Balaban J connectivity index is 1.34. The van der Waals surface area contributed by atoms with E-state index in [2.05, 4.69) is 47.5 Å². The molecule has 1 aliphatic heterocycles. The highest BCUT2D eigenvalue weighted by Gasteiger charge is 2.28. The molecule has 2 atom stereocenters. The molecule has 1 aromatic heterocycles. The number of hydrogen-bond donors (Lipinski definition) is 1. The van der Waals surface area contributed by atoms with Crippen molar-refractivity contribution >= 4 is 32.6 Å². The number of fused-ring (bicyclic) bond motifs is 1. The van der Waals surface area contributed by atoms with Crippen LogP contribution in [0.15, 0.2) is 48.5 Å². The van der Waals surface area contributed by atoms with E-state index in [9.17, 15) is 4.79 Å². The van der Waals surface area contributed by atoms with E-state index in [1.807, 2.05) is 25.1 Å². The first-order chi connectivity index (χ1) is 15.1. The summed E-state index contributed by atoms with van der Waals surface area (Å²) in [6.07, 6.45) is 3.88. The van der Waals surface area contributed by atoms with Gasteiger partial charge in [0, 0.05) is 19.1 Å². The Kier molecular flexibility index (Phi) is 7.07. The van der Waals surface area contributed by atoms with Crippen molar-refractivity contribution < 1.29 is 9.53 Å². The van der Waals surface area contributed by atoms with Crippen molar-refractivity contribution in [3.8, 4) is 5.75 Å². The van der Waals surface area contributed by atoms with Gasteiger partial charge in [0.2, 0.25) is 5.91 Å². The van der Waals surface area contributed by atoms with Crippen LogP contribution < -0.4 is 15.0 Å². The van der Waals surface area contributed by atoms with Crippen LogP contribution in [0.5, 0.6) is 5.75 Å². The molecule has 31 heavy (non-hydrogen) atoms. The number of aromatic nitrogens is 1. The monoisotopic (exact) mass is 437 g/mol. The fourth-order valence-electron chi connectivity index (χ4n) is 4.11. The highest BCUT2D eigenvalue weighted by molar-refractivity contribution is 7.22. The van der Waals surface area contributed by atoms with Crippen molar-refractivity contribution in [2.45, 2.75) is 45.6 Å². The topological polar surface area (TPSA) is 54.5 Å². The van der Waals surface area contributed by atoms with Crippen molar-refractivity contribution in [2.75, 3.05) is 24.6 Å². The summed E-state index contributed by atoms with van der Waals surface area (Å²) in [6, 6.07) is 16.7. The lowest BCUT2D eigenvalue weighted by Gasteiger charge is -2.32. The minimum absolute atomic E-state index is 0.0129. The van der Waals surface area contributed by atoms with Crippen LogP contribution in [0.25, 0.3) is 10.2 Å². The highest BCUT2D eigenvalue weighted by atomic mass is 32.1. The van der Waals surface area contributed by atoms with E-state index in [0.717, 1.165) is 59.9 Å². The summed E-state index contributed by atoms with van der Waals surface area (Å²) in [5.74, 6) is 1.06. The quantitative estimate of drug-likeness (QED) is 0.536. The minimum atomic E-state index is 0.0129. The number of carbonyl (C=O) groups is 1. The molecule has 2 aromatic carbocycles. The minimum Gasteiger partial charge on any atom is -0.494 e. The molecule has 164 valence electrons. The van der Waals surface area contributed by atoms with Crippen LogP contribution in [0, 0.1) is 5.92 Å². The predicted octanol–water partition coefficient (Wildman–Crippen LogP) is 5.05. The van der Waals surface area contributed by atoms with Gasteiger partial charge in [-0.25, -0.2) is 4.98 Å². The van der Waals surface area contributed by atoms with Crippen molar-refractivity contribution in [3.63, 3.8) is 0 Å². The number of nitrogens with one attached hydrogen (secondary N) is 1. The predicted molar refractivity (Wildman–Crippen MR) is 128 cm³/mol. The maximum Gasteiger partial charge on any atom is 0.225 e. The van der Waals surface area contributed by atoms with Crippen LogP contribution >= 0.6 is 11.3 Å². The molecule has 1 aliphatic rings. The summed E-state index contributed by atoms with van der Waals surface area (Å²) in [7, 11) is 0. The van der Waals surface area contributed by atoms with E-state index in [4.69, 9.17) is 9.72 Å². The van der Waals surface area contributed by atoms with E-state index >= 15 is 0 Å². The smallest absolute Gasteiger partial charge is 0.225 e. The second kappa shape index (κ2) is 10.1. The molecule has 5 nitrogen and oxygen atoms in total. The Morgan fingerprint density at radius 2 is 2.13 bits per heavy atom. The van der Waals surface area contributed by atoms with Crippen LogP contribution in [0.4, 0.5) is 5.13 Å². The van der Waals surface area contributed by atoms with E-state index in [1.54, 1.807) is 11.3 Å². The third kappa shape index (κ3) is 5.56. The molecule has 1 fully saturated rings. The van der Waals surface area contributed by atoms with Gasteiger partial charge < -0.3 is 15.0 Å². The van der Waals surface area contributed by atoms with Crippen LogP contribution in [0.1, 0.15) is 38.7 Å². The van der Waals surface area contributed by atoms with Crippen molar-refractivity contribution in [2.24, 2.45) is 5.92 Å². The van der Waals surface area contributed by atoms with E-state index < -0.39 is 0 Å². The zero-order valence-corrected chi connectivity index (χ0v) is 19.2. The lowest BCUT2D eigenvalue weighted by Crippen LogP contribution is -2.45. The largest absolute Gasteiger partial charge is 0.494 e. The number of amides is 1. The summed E-state index contributed by atoms with van der Waals surface area (Å²) in [5, 5.41) is 4.24. The molecule has 2 heterocycles. The Morgan fingerprint density at radius 1 is 1.29 bits per heavy atom. The first kappa shape index (κ1) is 21.6. The summed E-state index contributed by atoms with van der Waals surface area (Å²) >= 11 is 1.68. The number of ether oxygens (including phenoxy) is 1. The summed E-state index contributed by atoms with van der Waals surface area (Å²) < 4.78 is 6.74. The number of nitrogens with zero attached hydrogens (tertiary/aromatic N) is 2. The van der Waals surface area contributed by atoms with Gasteiger partial charge in [-0.05, 0) is 63.3 Å². The molecule has 0 spiro atoms. The molecule has 0 aliphatic carbocycles. The number of anilines is 1. The van der Waals surface area contributed by atoms with Gasteiger partial charge in [-0.3, -0.25) is 4.79 Å². The summed E-state index contributed by atoms with van der Waals surface area (Å²) in [6.45, 7) is 6.43. The fourth-order valence-corrected chi connectivity index (χ4v) is 5.14. The molecule has 0 radical (unpaired) electrons. The average molecular weight is 438 g/mol. The van der Waals surface area contributed by atoms with Gasteiger partial charge in [0.25, 0.3) is 0 Å². The van der Waals surface area contributed by atoms with Crippen LogP contribution in [0.3, 0.4) is 0 Å². The Hall–Kier alpha value is -2.60. The Labute approximate surface area is 188 Å². The number of piperidine rings is 1. The zero-order chi connectivity index (χ0) is 21.6. The van der Waals surface area contributed by atoms with Gasteiger partial charge in [-0.2, -0.15) is 0 Å². The molecular weight excluding hydrogens is 406 g/mol. The van der Waals surface area contributed by atoms with Crippen LogP contribution in [0.2, 0.25) is 0 Å². The number of aryl methyl sites for hydroxylation is 1. The fraction of sp³-hybridized carbons (Fsp3) is 0.440. The number of carbonyl (C=O) groups excluding carboxylic acids is 1. The first-order valence-corrected chi connectivity index (χ1v) is 12.1. The van der Waals surface area contributed by atoms with E-state index in [0.29, 0.717) is 6.61 Å². The Bertz CT molecular complexity index is 1000. The maximum absolute atomic E-state index is 12.9. The Morgan fingerprint density at radius 3 is 2.94 bits per heavy atom. The third-order valence-corrected chi connectivity index (χ3v) is 6.90. The summed E-state index contributed by atoms with van der Waals surface area (Å²) in [4.78, 5) is 20.0. The van der Waals surface area contributed by atoms with Gasteiger partial charge in [0.05, 0.1) is 22.7 Å². The van der Waals surface area contributed by atoms with E-state index in [1.165, 1.54) is 5.56 Å². The summed E-state index contributed by atoms with van der Waals surface area (Å²) in [5.41, 5.74) is 2.31. The number of rotatable bonds is 8. The molecule has 1 saturated heterocycles. The third-order valence-electron chi connectivity index (χ3n) is 5.82. The van der Waals surface area contributed by atoms with Gasteiger partial charge in [0.1, 0.15) is 5.75 Å². The normalized spacial score (nSPS) is 17.5. The van der Waals surface area contributed by atoms with Crippen LogP contribution in [-0.2, 0) is 11.2 Å². The molecule has 0 unspecified atom stereocenters. The van der Waals surface area contributed by atoms with Gasteiger partial charge in [-0.15, -0.1) is 0 Å². The van der Waals surface area contributed by atoms with E-state index in [-0.39, 0.29) is 17.9 Å². The maximum atomic E-state index is 12.9. The molecule has 0 saturated carbocycles. The van der Waals surface area contributed by atoms with Crippen molar-refractivity contribution in [3.05, 3.63) is 54.1 Å². The van der Waals surface area contributed by atoms with Crippen LogP contribution in [-0.4, -0.2) is 36.6 Å². The average Bonchev–Trinajstić information content (AvgIpc) is 3.22. The standard InChI is InChI=1S/C25H31N3O2S/c1-3-30-21-13-14-22-23(16-21)31-25(27-22)28-15-7-10-20(17-28)24(29)26-18(2)11-12-19-8-5-4-6-9-19/h4-6,8-9,13-14,16,18,20H,3,7,10-12,15,17H2,1-2H3,(H,26,29)/t18-,20+/m0/s1. The first-order valence-electron chi connectivity index (χ1n) is 11.2. The molecular formula is C25H31N3O2S. The number of thiazole rings is 1. The molecule has 4 rings (SSSR count). The van der Waals surface area contributed by atoms with Gasteiger partial charge in [-0.1, -0.05) is 41.7 Å². The SMILES string of the molecule is CCOc1ccc2nc(N3CCC[C@@H](C(=O)N[C@@H](C)CCc4ccccc4)C3)sc2c1. The second-order valence-corrected chi connectivity index (χ2v) is 9.29. The second-order valence-electron chi connectivity index (χ2n) is 8.28. The van der Waals surface area contributed by atoms with Crippen molar-refractivity contribution in [1.82, 2.24) is 10.3 Å². The molecule has 0 bridgehead atoms. The van der Waals surface area contributed by atoms with Crippen molar-refractivity contribution in [1.29, 1.82) is 0 Å². The molecule has 6 heteroatoms. The lowest BCUT2D eigenvalue weighted by molar-refractivity contribution is -0.125. The highest BCUT2D eigenvalue weighted by Crippen LogP contribution is 2.33. The number of benzene rings is 2. The molecule has 3 aromatic rings. The number of hydrogen-bond acceptors (Lipinski definition) is 5. The zero-order valence-electron chi connectivity index (χ0n) is 18.3. The lowest BCUT2D eigenvalue weighted by atomic mass is 9.96. The molecule has 1 N–H and O–H groups in total. The molecule has 1 amide bonds.